The maximum Gasteiger partial charge on any atom is 0.315 e. The number of hydrogen-bond acceptors (Lipinski definition) is 3. The third-order valence-electron chi connectivity index (χ3n) is 1.71. The smallest absolute Gasteiger partial charge is 0.315 e. The Morgan fingerprint density at radius 2 is 2.07 bits per heavy atom. The first kappa shape index (κ1) is 13.1. The van der Waals surface area contributed by atoms with E-state index in [1.165, 1.54) is 6.92 Å². The minimum absolute atomic E-state index is 0.261. The van der Waals surface area contributed by atoms with Crippen LogP contribution in [-0.2, 0) is 20.4 Å². The summed E-state index contributed by atoms with van der Waals surface area (Å²) in [5.74, 6) is -1.83. The lowest BCUT2D eigenvalue weighted by Crippen LogP contribution is -2.35. The first-order chi connectivity index (χ1) is 6.49. The van der Waals surface area contributed by atoms with Gasteiger partial charge in [0.15, 0.2) is 0 Å². The number of carbonyl (C=O) groups excluding carboxylic acids is 1. The van der Waals surface area contributed by atoms with Crippen molar-refractivity contribution >= 4 is 22.7 Å². The van der Waals surface area contributed by atoms with E-state index in [1.54, 1.807) is 6.92 Å². The van der Waals surface area contributed by atoms with Crippen LogP contribution in [0.1, 0.15) is 13.8 Å². The van der Waals surface area contributed by atoms with Crippen LogP contribution in [0.2, 0.25) is 0 Å². The lowest BCUT2D eigenvalue weighted by molar-refractivity contribution is -0.146. The average molecular weight is 221 g/mol. The first-order valence-corrected chi connectivity index (χ1v) is 5.83. The Morgan fingerprint density at radius 3 is 2.50 bits per heavy atom. The van der Waals surface area contributed by atoms with Gasteiger partial charge in [-0.25, -0.2) is 0 Å². The van der Waals surface area contributed by atoms with Crippen molar-refractivity contribution in [3.63, 3.8) is 0 Å². The van der Waals surface area contributed by atoms with Crippen LogP contribution in [0.15, 0.2) is 0 Å². The van der Waals surface area contributed by atoms with Crippen LogP contribution < -0.4 is 5.32 Å². The Balaban J connectivity index is 3.75. The fourth-order valence-corrected chi connectivity index (χ4v) is 1.32. The van der Waals surface area contributed by atoms with Crippen LogP contribution in [0.5, 0.6) is 0 Å². The summed E-state index contributed by atoms with van der Waals surface area (Å²) in [6.45, 7) is 3.36. The van der Waals surface area contributed by atoms with E-state index in [1.807, 2.05) is 0 Å². The van der Waals surface area contributed by atoms with Crippen LogP contribution in [0.3, 0.4) is 0 Å². The number of carbonyl (C=O) groups is 2. The maximum atomic E-state index is 11.1. The molecule has 0 rings (SSSR count). The van der Waals surface area contributed by atoms with Crippen LogP contribution in [-0.4, -0.2) is 39.2 Å². The van der Waals surface area contributed by atoms with Gasteiger partial charge in [-0.15, -0.1) is 0 Å². The summed E-state index contributed by atoms with van der Waals surface area (Å²) in [6.07, 6.45) is 0. The Labute approximate surface area is 85.3 Å². The lowest BCUT2D eigenvalue weighted by atomic mass is 10.2. The van der Waals surface area contributed by atoms with Crippen molar-refractivity contribution in [1.29, 1.82) is 0 Å². The molecular formula is C8H15NO4S. The van der Waals surface area contributed by atoms with Crippen LogP contribution in [0.25, 0.3) is 0 Å². The molecule has 2 unspecified atom stereocenters. The van der Waals surface area contributed by atoms with Gasteiger partial charge in [0.25, 0.3) is 0 Å². The molecule has 0 saturated carbocycles. The van der Waals surface area contributed by atoms with E-state index in [0.29, 0.717) is 11.5 Å². The monoisotopic (exact) mass is 221 g/mol. The van der Waals surface area contributed by atoms with E-state index in [9.17, 15) is 13.8 Å². The predicted molar refractivity (Wildman–Crippen MR) is 53.4 cm³/mol. The van der Waals surface area contributed by atoms with Crippen molar-refractivity contribution in [2.45, 2.75) is 13.8 Å². The molecule has 5 nitrogen and oxygen atoms in total. The summed E-state index contributed by atoms with van der Waals surface area (Å²) < 4.78 is 10.9. The molecule has 0 spiro atoms. The number of aliphatic carboxylic acids is 1. The van der Waals surface area contributed by atoms with Crippen LogP contribution >= 0.6 is 0 Å². The van der Waals surface area contributed by atoms with Gasteiger partial charge in [0, 0.05) is 28.9 Å². The van der Waals surface area contributed by atoms with Crippen molar-refractivity contribution < 1.29 is 18.9 Å². The zero-order chi connectivity index (χ0) is 11.1. The average Bonchev–Trinajstić information content (AvgIpc) is 2.15. The molecule has 0 radical (unpaired) electrons. The molecule has 6 heteroatoms. The van der Waals surface area contributed by atoms with Gasteiger partial charge in [-0.05, 0) is 6.92 Å². The fourth-order valence-electron chi connectivity index (χ4n) is 0.698. The highest BCUT2D eigenvalue weighted by molar-refractivity contribution is 7.84. The molecule has 0 heterocycles. The van der Waals surface area contributed by atoms with Crippen molar-refractivity contribution in [2.24, 2.45) is 5.92 Å². The summed E-state index contributed by atoms with van der Waals surface area (Å²) in [5, 5.41) is 10.9. The predicted octanol–water partition coefficient (Wildman–Crippen LogP) is -0.408. The molecule has 0 aromatic carbocycles. The Kier molecular flexibility index (Phi) is 6.11. The highest BCUT2D eigenvalue weighted by Crippen LogP contribution is 1.93. The van der Waals surface area contributed by atoms with Gasteiger partial charge in [0.1, 0.15) is 5.92 Å². The Bertz CT molecular complexity index is 241. The minimum Gasteiger partial charge on any atom is -0.481 e. The van der Waals surface area contributed by atoms with E-state index in [2.05, 4.69) is 5.32 Å². The van der Waals surface area contributed by atoms with Gasteiger partial charge in [-0.3, -0.25) is 13.8 Å². The molecule has 1 amide bonds. The lowest BCUT2D eigenvalue weighted by Gasteiger charge is -2.07. The number of nitrogens with one attached hydrogen (secondary N) is 1. The molecule has 0 aliphatic rings. The molecule has 82 valence electrons. The minimum atomic E-state index is -1.15. The SMILES string of the molecule is CCS(=O)CCNC(=O)C(C)C(=O)O. The third-order valence-corrected chi connectivity index (χ3v) is 3.02. The third kappa shape index (κ3) is 4.96. The molecule has 2 N–H and O–H groups in total. The van der Waals surface area contributed by atoms with Crippen molar-refractivity contribution in [3.8, 4) is 0 Å². The Morgan fingerprint density at radius 1 is 1.50 bits per heavy atom. The van der Waals surface area contributed by atoms with E-state index >= 15 is 0 Å². The van der Waals surface area contributed by atoms with Gasteiger partial charge in [-0.2, -0.15) is 0 Å². The zero-order valence-electron chi connectivity index (χ0n) is 8.28. The van der Waals surface area contributed by atoms with Crippen molar-refractivity contribution in [3.05, 3.63) is 0 Å². The molecule has 14 heavy (non-hydrogen) atoms. The normalized spacial score (nSPS) is 14.4. The fraction of sp³-hybridized carbons (Fsp3) is 0.750. The first-order valence-electron chi connectivity index (χ1n) is 4.34. The van der Waals surface area contributed by atoms with Crippen LogP contribution in [0.4, 0.5) is 0 Å². The maximum absolute atomic E-state index is 11.1. The standard InChI is InChI=1S/C8H15NO4S/c1-3-14(13)5-4-9-7(10)6(2)8(11)12/h6H,3-5H2,1-2H3,(H,9,10)(H,11,12). The largest absolute Gasteiger partial charge is 0.481 e. The summed E-state index contributed by atoms with van der Waals surface area (Å²) in [5.41, 5.74) is 0. The van der Waals surface area contributed by atoms with E-state index in [4.69, 9.17) is 5.11 Å². The number of hydrogen-bond donors (Lipinski definition) is 2. The molecule has 2 atom stereocenters. The number of amides is 1. The highest BCUT2D eigenvalue weighted by atomic mass is 32.2. The van der Waals surface area contributed by atoms with Gasteiger partial charge in [0.05, 0.1) is 0 Å². The van der Waals surface area contributed by atoms with Crippen molar-refractivity contribution in [2.75, 3.05) is 18.1 Å². The van der Waals surface area contributed by atoms with Crippen LogP contribution in [0, 0.1) is 5.92 Å². The van der Waals surface area contributed by atoms with Gasteiger partial charge in [0.2, 0.25) is 5.91 Å². The second kappa shape index (κ2) is 6.53. The quantitative estimate of drug-likeness (QED) is 0.597. The van der Waals surface area contributed by atoms with Gasteiger partial charge >= 0.3 is 5.97 Å². The number of rotatable bonds is 6. The van der Waals surface area contributed by atoms with Crippen molar-refractivity contribution in [1.82, 2.24) is 5.32 Å². The molecule has 0 aromatic heterocycles. The molecular weight excluding hydrogens is 206 g/mol. The Hall–Kier alpha value is -0.910. The second-order valence-electron chi connectivity index (χ2n) is 2.78. The summed E-state index contributed by atoms with van der Waals surface area (Å²) in [6, 6.07) is 0. The molecule has 0 aliphatic heterocycles. The summed E-state index contributed by atoms with van der Waals surface area (Å²) >= 11 is 0. The van der Waals surface area contributed by atoms with Gasteiger partial charge in [-0.1, -0.05) is 6.92 Å². The highest BCUT2D eigenvalue weighted by Gasteiger charge is 2.19. The molecule has 0 aromatic rings. The number of carboxylic acids is 1. The topological polar surface area (TPSA) is 83.5 Å². The second-order valence-corrected chi connectivity index (χ2v) is 4.65. The molecule has 0 bridgehead atoms. The zero-order valence-corrected chi connectivity index (χ0v) is 9.10. The van der Waals surface area contributed by atoms with E-state index in [-0.39, 0.29) is 6.54 Å². The van der Waals surface area contributed by atoms with E-state index < -0.39 is 28.6 Å². The molecule has 0 saturated heterocycles. The summed E-state index contributed by atoms with van der Waals surface area (Å²) in [7, 11) is -0.929. The van der Waals surface area contributed by atoms with E-state index in [0.717, 1.165) is 0 Å². The molecule has 0 fully saturated rings. The van der Waals surface area contributed by atoms with Gasteiger partial charge < -0.3 is 10.4 Å². The molecule has 0 aliphatic carbocycles. The number of carboxylic acid groups (broad SMARTS) is 1. The summed E-state index contributed by atoms with van der Waals surface area (Å²) in [4.78, 5) is 21.4.